The Kier molecular flexibility index (Phi) is 4.55. The van der Waals surface area contributed by atoms with E-state index >= 15 is 0 Å². The third-order valence-corrected chi connectivity index (χ3v) is 5.70. The van der Waals surface area contributed by atoms with Crippen LogP contribution in [-0.2, 0) is 13.5 Å². The summed E-state index contributed by atoms with van der Waals surface area (Å²) in [6, 6.07) is 2.61. The lowest BCUT2D eigenvalue weighted by molar-refractivity contribution is 0.0709. The van der Waals surface area contributed by atoms with Gasteiger partial charge in [0.2, 0.25) is 0 Å². The zero-order chi connectivity index (χ0) is 16.6. The topological polar surface area (TPSA) is 41.4 Å². The standard InChI is InChI=1S/C17H24N4OS/c1-12-6-8-23-16(12)17(22)21-7-5-14(19(2)3)15(21)9-13-10-18-20(4)11-13/h6,8,10-11,14-15H,5,7,9H2,1-4H3/t14-,15+/m1/s1. The Labute approximate surface area is 141 Å². The Bertz CT molecular complexity index is 690. The van der Waals surface area contributed by atoms with Crippen molar-refractivity contribution in [2.75, 3.05) is 20.6 Å². The molecular weight excluding hydrogens is 308 g/mol. The molecule has 0 spiro atoms. The Balaban J connectivity index is 1.86. The van der Waals surface area contributed by atoms with Crippen LogP contribution in [0, 0.1) is 6.92 Å². The first-order valence-corrected chi connectivity index (χ1v) is 8.84. The van der Waals surface area contributed by atoms with Gasteiger partial charge in [-0.2, -0.15) is 5.10 Å². The predicted octanol–water partition coefficient (Wildman–Crippen LogP) is 2.18. The molecule has 124 valence electrons. The van der Waals surface area contributed by atoms with E-state index in [1.165, 1.54) is 5.56 Å². The lowest BCUT2D eigenvalue weighted by atomic mass is 10.0. The van der Waals surface area contributed by atoms with Crippen molar-refractivity contribution in [1.29, 1.82) is 0 Å². The molecule has 0 aromatic carbocycles. The van der Waals surface area contributed by atoms with E-state index in [1.807, 2.05) is 42.5 Å². The Morgan fingerprint density at radius 3 is 2.83 bits per heavy atom. The number of aromatic nitrogens is 2. The van der Waals surface area contributed by atoms with E-state index in [2.05, 4.69) is 29.0 Å². The van der Waals surface area contributed by atoms with Gasteiger partial charge in [0.25, 0.3) is 5.91 Å². The van der Waals surface area contributed by atoms with Crippen LogP contribution in [-0.4, -0.2) is 58.2 Å². The van der Waals surface area contributed by atoms with Gasteiger partial charge in [-0.3, -0.25) is 9.48 Å². The fraction of sp³-hybridized carbons (Fsp3) is 0.529. The highest BCUT2D eigenvalue weighted by molar-refractivity contribution is 7.12. The van der Waals surface area contributed by atoms with Crippen LogP contribution in [0.15, 0.2) is 23.8 Å². The molecule has 3 rings (SSSR count). The summed E-state index contributed by atoms with van der Waals surface area (Å²) in [6.45, 7) is 2.84. The van der Waals surface area contributed by atoms with Crippen molar-refractivity contribution in [1.82, 2.24) is 19.6 Å². The molecule has 0 bridgehead atoms. The number of carbonyl (C=O) groups is 1. The number of nitrogens with zero attached hydrogens (tertiary/aromatic N) is 4. The van der Waals surface area contributed by atoms with E-state index in [-0.39, 0.29) is 11.9 Å². The van der Waals surface area contributed by atoms with Crippen LogP contribution >= 0.6 is 11.3 Å². The second-order valence-electron chi connectivity index (χ2n) is 6.54. The minimum absolute atomic E-state index is 0.177. The SMILES string of the molecule is Cc1ccsc1C(=O)N1CC[C@@H](N(C)C)[C@@H]1Cc1cnn(C)c1. The lowest BCUT2D eigenvalue weighted by Crippen LogP contribution is -2.45. The number of hydrogen-bond donors (Lipinski definition) is 0. The van der Waals surface area contributed by atoms with Crippen LogP contribution in [0.2, 0.25) is 0 Å². The van der Waals surface area contributed by atoms with Gasteiger partial charge in [0, 0.05) is 25.8 Å². The highest BCUT2D eigenvalue weighted by Gasteiger charge is 2.39. The number of aryl methyl sites for hydroxylation is 2. The maximum Gasteiger partial charge on any atom is 0.264 e. The molecule has 0 unspecified atom stereocenters. The molecule has 2 aromatic heterocycles. The summed E-state index contributed by atoms with van der Waals surface area (Å²) in [7, 11) is 6.13. The van der Waals surface area contributed by atoms with E-state index in [0.717, 1.165) is 29.8 Å². The van der Waals surface area contributed by atoms with Crippen molar-refractivity contribution < 1.29 is 4.79 Å². The first-order valence-electron chi connectivity index (χ1n) is 7.96. The number of likely N-dealkylation sites (tertiary alicyclic amines) is 1. The molecule has 6 heteroatoms. The molecule has 0 aliphatic carbocycles. The summed E-state index contributed by atoms with van der Waals surface area (Å²) >= 11 is 1.55. The third-order valence-electron chi connectivity index (χ3n) is 4.69. The molecule has 0 saturated carbocycles. The van der Waals surface area contributed by atoms with E-state index < -0.39 is 0 Å². The first kappa shape index (κ1) is 16.2. The van der Waals surface area contributed by atoms with Gasteiger partial charge in [-0.05, 0) is 56.4 Å². The maximum atomic E-state index is 13.0. The highest BCUT2D eigenvalue weighted by atomic mass is 32.1. The Hall–Kier alpha value is -1.66. The fourth-order valence-electron chi connectivity index (χ4n) is 3.48. The number of amides is 1. The Morgan fingerprint density at radius 2 is 2.26 bits per heavy atom. The smallest absolute Gasteiger partial charge is 0.264 e. The summed E-state index contributed by atoms with van der Waals surface area (Å²) in [5, 5.41) is 6.26. The third kappa shape index (κ3) is 3.19. The second-order valence-corrected chi connectivity index (χ2v) is 7.46. The van der Waals surface area contributed by atoms with Crippen molar-refractivity contribution in [3.63, 3.8) is 0 Å². The van der Waals surface area contributed by atoms with Crippen LogP contribution in [0.3, 0.4) is 0 Å². The zero-order valence-corrected chi connectivity index (χ0v) is 15.0. The zero-order valence-electron chi connectivity index (χ0n) is 14.2. The fourth-order valence-corrected chi connectivity index (χ4v) is 4.36. The molecule has 1 saturated heterocycles. The largest absolute Gasteiger partial charge is 0.333 e. The van der Waals surface area contributed by atoms with Crippen LogP contribution in [0.1, 0.15) is 27.2 Å². The van der Waals surface area contributed by atoms with E-state index in [0.29, 0.717) is 6.04 Å². The van der Waals surface area contributed by atoms with Gasteiger partial charge < -0.3 is 9.80 Å². The molecule has 2 aromatic rings. The number of hydrogen-bond acceptors (Lipinski definition) is 4. The molecule has 23 heavy (non-hydrogen) atoms. The number of rotatable bonds is 4. The lowest BCUT2D eigenvalue weighted by Gasteiger charge is -2.31. The van der Waals surface area contributed by atoms with Gasteiger partial charge in [-0.25, -0.2) is 0 Å². The van der Waals surface area contributed by atoms with Crippen LogP contribution in [0.5, 0.6) is 0 Å². The normalized spacial score (nSPS) is 21.3. The molecule has 5 nitrogen and oxygen atoms in total. The van der Waals surface area contributed by atoms with Gasteiger partial charge in [-0.15, -0.1) is 11.3 Å². The number of carbonyl (C=O) groups excluding carboxylic acids is 1. The summed E-state index contributed by atoms with van der Waals surface area (Å²) in [5.41, 5.74) is 2.26. The molecule has 1 fully saturated rings. The van der Waals surface area contributed by atoms with Gasteiger partial charge in [0.1, 0.15) is 0 Å². The summed E-state index contributed by atoms with van der Waals surface area (Å²) in [6.07, 6.45) is 5.83. The van der Waals surface area contributed by atoms with Crippen molar-refractivity contribution in [2.24, 2.45) is 7.05 Å². The van der Waals surface area contributed by atoms with Gasteiger partial charge in [0.15, 0.2) is 0 Å². The summed E-state index contributed by atoms with van der Waals surface area (Å²) in [4.78, 5) is 18.2. The molecule has 1 aliphatic rings. The van der Waals surface area contributed by atoms with Crippen LogP contribution in [0.25, 0.3) is 0 Å². The van der Waals surface area contributed by atoms with Gasteiger partial charge >= 0.3 is 0 Å². The van der Waals surface area contributed by atoms with Crippen molar-refractivity contribution in [3.05, 3.63) is 39.8 Å². The average molecular weight is 332 g/mol. The maximum absolute atomic E-state index is 13.0. The van der Waals surface area contributed by atoms with Crippen molar-refractivity contribution in [2.45, 2.75) is 31.8 Å². The highest BCUT2D eigenvalue weighted by Crippen LogP contribution is 2.28. The Morgan fingerprint density at radius 1 is 1.48 bits per heavy atom. The summed E-state index contributed by atoms with van der Waals surface area (Å²) < 4.78 is 1.82. The predicted molar refractivity (Wildman–Crippen MR) is 92.9 cm³/mol. The second kappa shape index (κ2) is 6.45. The quantitative estimate of drug-likeness (QED) is 0.862. The van der Waals surface area contributed by atoms with E-state index in [4.69, 9.17) is 0 Å². The molecule has 1 amide bonds. The molecule has 1 aliphatic heterocycles. The minimum Gasteiger partial charge on any atom is -0.333 e. The number of thiophene rings is 1. The van der Waals surface area contributed by atoms with Gasteiger partial charge in [0.05, 0.1) is 17.1 Å². The van der Waals surface area contributed by atoms with Crippen LogP contribution < -0.4 is 0 Å². The molecule has 0 N–H and O–H groups in total. The van der Waals surface area contributed by atoms with Gasteiger partial charge in [-0.1, -0.05) is 0 Å². The monoisotopic (exact) mass is 332 g/mol. The molecule has 2 atom stereocenters. The molecular formula is C17H24N4OS. The van der Waals surface area contributed by atoms with E-state index in [1.54, 1.807) is 11.3 Å². The van der Waals surface area contributed by atoms with Crippen molar-refractivity contribution >= 4 is 17.2 Å². The van der Waals surface area contributed by atoms with Crippen molar-refractivity contribution in [3.8, 4) is 0 Å². The first-order chi connectivity index (χ1) is 11.0. The summed E-state index contributed by atoms with van der Waals surface area (Å²) in [5.74, 6) is 0.177. The van der Waals surface area contributed by atoms with Crippen LogP contribution in [0.4, 0.5) is 0 Å². The molecule has 0 radical (unpaired) electrons. The minimum atomic E-state index is 0.177. The molecule has 3 heterocycles. The average Bonchev–Trinajstić information content (AvgIpc) is 3.19. The van der Waals surface area contributed by atoms with E-state index in [9.17, 15) is 4.79 Å². The number of likely N-dealkylation sites (N-methyl/N-ethyl adjacent to an activating group) is 1.